The van der Waals surface area contributed by atoms with E-state index in [9.17, 15) is 0 Å². The van der Waals surface area contributed by atoms with Crippen LogP contribution in [0.3, 0.4) is 0 Å². The van der Waals surface area contributed by atoms with E-state index in [1.54, 1.807) is 27.3 Å². The van der Waals surface area contributed by atoms with Crippen LogP contribution in [0.25, 0.3) is 11.5 Å². The van der Waals surface area contributed by atoms with Crippen molar-refractivity contribution < 1.29 is 14.0 Å². The normalized spacial score (nSPS) is 11.9. The number of hydrogen-bond acceptors (Lipinski definition) is 7. The number of pyridine rings is 1. The first kappa shape index (κ1) is 17.7. The van der Waals surface area contributed by atoms with Gasteiger partial charge >= 0.3 is 0 Å². The molecule has 0 spiro atoms. The Morgan fingerprint density at radius 3 is 2.50 bits per heavy atom. The molecule has 0 aliphatic heterocycles. The van der Waals surface area contributed by atoms with Gasteiger partial charge in [0, 0.05) is 6.20 Å². The molecule has 0 bridgehead atoms. The zero-order chi connectivity index (χ0) is 18.7. The van der Waals surface area contributed by atoms with E-state index < -0.39 is 0 Å². The van der Waals surface area contributed by atoms with Gasteiger partial charge in [0.15, 0.2) is 17.3 Å². The topological polar surface area (TPSA) is 82.3 Å². The molecule has 1 unspecified atom stereocenters. The minimum Gasteiger partial charge on any atom is -0.493 e. The average molecular weight is 354 g/mol. The van der Waals surface area contributed by atoms with Gasteiger partial charge in [-0.2, -0.15) is 4.98 Å². The molecule has 0 aliphatic carbocycles. The lowest BCUT2D eigenvalue weighted by Gasteiger charge is -2.20. The summed E-state index contributed by atoms with van der Waals surface area (Å²) >= 11 is 0. The molecule has 136 valence electrons. The number of nitrogens with zero attached hydrogens (tertiary/aromatic N) is 3. The lowest BCUT2D eigenvalue weighted by molar-refractivity contribution is 0.354. The molecule has 0 saturated heterocycles. The van der Waals surface area contributed by atoms with Gasteiger partial charge in [0.05, 0.1) is 25.8 Å². The molecule has 0 saturated carbocycles. The molecule has 7 heteroatoms. The smallest absolute Gasteiger partial charge is 0.261 e. The summed E-state index contributed by atoms with van der Waals surface area (Å²) in [5.41, 5.74) is 2.94. The molecule has 0 fully saturated rings. The van der Waals surface area contributed by atoms with E-state index in [-0.39, 0.29) is 6.04 Å². The highest BCUT2D eigenvalue weighted by molar-refractivity contribution is 5.69. The summed E-state index contributed by atoms with van der Waals surface area (Å²) in [6.45, 7) is 5.88. The Balaban J connectivity index is 1.93. The third-order valence-electron chi connectivity index (χ3n) is 4.16. The van der Waals surface area contributed by atoms with Crippen molar-refractivity contribution >= 4 is 5.82 Å². The highest BCUT2D eigenvalue weighted by atomic mass is 16.5. The molecular formula is C19H22N4O3. The van der Waals surface area contributed by atoms with E-state index in [1.807, 2.05) is 31.2 Å². The van der Waals surface area contributed by atoms with Crippen molar-refractivity contribution in [2.75, 3.05) is 19.5 Å². The molecule has 3 rings (SSSR count). The number of aromatic nitrogens is 3. The fraction of sp³-hybridized carbons (Fsp3) is 0.316. The molecule has 2 aromatic heterocycles. The van der Waals surface area contributed by atoms with E-state index >= 15 is 0 Å². The summed E-state index contributed by atoms with van der Waals surface area (Å²) in [4.78, 5) is 8.74. The third kappa shape index (κ3) is 3.46. The second-order valence-corrected chi connectivity index (χ2v) is 5.98. The van der Waals surface area contributed by atoms with Gasteiger partial charge in [-0.15, -0.1) is 0 Å². The minimum atomic E-state index is -0.0209. The number of methoxy groups -OCH3 is 2. The highest BCUT2D eigenvalue weighted by Gasteiger charge is 2.18. The Hall–Kier alpha value is -3.09. The van der Waals surface area contributed by atoms with Crippen molar-refractivity contribution in [3.63, 3.8) is 0 Å². The van der Waals surface area contributed by atoms with Gasteiger partial charge in [-0.1, -0.05) is 5.16 Å². The van der Waals surface area contributed by atoms with Crippen molar-refractivity contribution in [3.8, 4) is 23.0 Å². The zero-order valence-electron chi connectivity index (χ0n) is 15.5. The minimum absolute atomic E-state index is 0.0209. The SMILES string of the molecule is COc1cc(C)c(C(C)Nc2ncccc2-c2nc(C)no2)cc1OC. The van der Waals surface area contributed by atoms with Crippen LogP contribution in [0.2, 0.25) is 0 Å². The Kier molecular flexibility index (Phi) is 5.06. The first-order chi connectivity index (χ1) is 12.5. The third-order valence-corrected chi connectivity index (χ3v) is 4.16. The molecule has 1 aromatic carbocycles. The predicted octanol–water partition coefficient (Wildman–Crippen LogP) is 3.94. The molecular weight excluding hydrogens is 332 g/mol. The lowest BCUT2D eigenvalue weighted by atomic mass is 10.0. The van der Waals surface area contributed by atoms with Crippen molar-refractivity contribution in [2.45, 2.75) is 26.8 Å². The van der Waals surface area contributed by atoms with Crippen LogP contribution in [0.5, 0.6) is 11.5 Å². The van der Waals surface area contributed by atoms with Gasteiger partial charge < -0.3 is 19.3 Å². The maximum Gasteiger partial charge on any atom is 0.261 e. The van der Waals surface area contributed by atoms with Crippen molar-refractivity contribution in [2.24, 2.45) is 0 Å². The molecule has 0 aliphatic rings. The fourth-order valence-electron chi connectivity index (χ4n) is 2.85. The molecule has 26 heavy (non-hydrogen) atoms. The summed E-state index contributed by atoms with van der Waals surface area (Å²) < 4.78 is 16.1. The molecule has 1 atom stereocenters. The average Bonchev–Trinajstić information content (AvgIpc) is 3.07. The monoisotopic (exact) mass is 354 g/mol. The van der Waals surface area contributed by atoms with Crippen molar-refractivity contribution in [3.05, 3.63) is 47.4 Å². The second kappa shape index (κ2) is 7.43. The Labute approximate surface area is 152 Å². The van der Waals surface area contributed by atoms with Crippen LogP contribution in [0.1, 0.15) is 29.9 Å². The van der Waals surface area contributed by atoms with Gasteiger partial charge in [-0.3, -0.25) is 0 Å². The first-order valence-corrected chi connectivity index (χ1v) is 8.28. The Morgan fingerprint density at radius 1 is 1.12 bits per heavy atom. The van der Waals surface area contributed by atoms with E-state index in [0.29, 0.717) is 29.0 Å². The van der Waals surface area contributed by atoms with Crippen LogP contribution in [-0.4, -0.2) is 29.3 Å². The Morgan fingerprint density at radius 2 is 1.85 bits per heavy atom. The van der Waals surface area contributed by atoms with Crippen LogP contribution in [0, 0.1) is 13.8 Å². The number of rotatable bonds is 6. The van der Waals surface area contributed by atoms with Gasteiger partial charge in [0.25, 0.3) is 5.89 Å². The van der Waals surface area contributed by atoms with Gasteiger partial charge in [-0.25, -0.2) is 4.98 Å². The number of ether oxygens (including phenoxy) is 2. The van der Waals surface area contributed by atoms with Gasteiger partial charge in [0.2, 0.25) is 0 Å². The number of hydrogen-bond donors (Lipinski definition) is 1. The summed E-state index contributed by atoms with van der Waals surface area (Å²) in [5.74, 6) is 3.10. The van der Waals surface area contributed by atoms with Crippen LogP contribution < -0.4 is 14.8 Å². The van der Waals surface area contributed by atoms with Crippen LogP contribution in [0.15, 0.2) is 35.0 Å². The van der Waals surface area contributed by atoms with E-state index in [4.69, 9.17) is 14.0 Å². The van der Waals surface area contributed by atoms with E-state index in [2.05, 4.69) is 27.4 Å². The molecule has 0 radical (unpaired) electrons. The largest absolute Gasteiger partial charge is 0.493 e. The predicted molar refractivity (Wildman–Crippen MR) is 98.6 cm³/mol. The summed E-state index contributed by atoms with van der Waals surface area (Å²) in [6.07, 6.45) is 1.73. The number of benzene rings is 1. The van der Waals surface area contributed by atoms with Crippen LogP contribution in [0.4, 0.5) is 5.82 Å². The molecule has 0 amide bonds. The Bertz CT molecular complexity index is 908. The van der Waals surface area contributed by atoms with Gasteiger partial charge in [-0.05, 0) is 56.2 Å². The number of aryl methyl sites for hydroxylation is 2. The van der Waals surface area contributed by atoms with Crippen LogP contribution >= 0.6 is 0 Å². The number of nitrogens with one attached hydrogen (secondary N) is 1. The van der Waals surface area contributed by atoms with Crippen LogP contribution in [-0.2, 0) is 0 Å². The second-order valence-electron chi connectivity index (χ2n) is 5.98. The fourth-order valence-corrected chi connectivity index (χ4v) is 2.85. The lowest BCUT2D eigenvalue weighted by Crippen LogP contribution is -2.11. The van der Waals surface area contributed by atoms with E-state index in [1.165, 1.54) is 0 Å². The maximum absolute atomic E-state index is 5.43. The zero-order valence-corrected chi connectivity index (χ0v) is 15.5. The van der Waals surface area contributed by atoms with Gasteiger partial charge in [0.1, 0.15) is 5.82 Å². The van der Waals surface area contributed by atoms with Crippen molar-refractivity contribution in [1.29, 1.82) is 0 Å². The highest BCUT2D eigenvalue weighted by Crippen LogP contribution is 2.35. The summed E-state index contributed by atoms with van der Waals surface area (Å²) in [5, 5.41) is 7.28. The quantitative estimate of drug-likeness (QED) is 0.718. The first-order valence-electron chi connectivity index (χ1n) is 8.28. The number of anilines is 1. The standard InChI is InChI=1S/C19H22N4O3/c1-11-9-16(24-4)17(25-5)10-15(11)12(2)21-18-14(7-6-8-20-18)19-22-13(3)23-26-19/h6-10,12H,1-5H3,(H,20,21). The molecule has 2 heterocycles. The molecule has 7 nitrogen and oxygen atoms in total. The van der Waals surface area contributed by atoms with E-state index in [0.717, 1.165) is 16.7 Å². The van der Waals surface area contributed by atoms with Crippen molar-refractivity contribution in [1.82, 2.24) is 15.1 Å². The summed E-state index contributed by atoms with van der Waals surface area (Å²) in [6, 6.07) is 7.66. The molecule has 3 aromatic rings. The summed E-state index contributed by atoms with van der Waals surface area (Å²) in [7, 11) is 3.26. The molecule has 1 N–H and O–H groups in total. The maximum atomic E-state index is 5.43.